The normalized spacial score (nSPS) is 20.5. The van der Waals surface area contributed by atoms with Crippen LogP contribution in [0.2, 0.25) is 0 Å². The summed E-state index contributed by atoms with van der Waals surface area (Å²) in [5.74, 6) is -0.213. The zero-order valence-electron chi connectivity index (χ0n) is 13.4. The van der Waals surface area contributed by atoms with Crippen LogP contribution < -0.4 is 4.90 Å². The Kier molecular flexibility index (Phi) is 4.09. The van der Waals surface area contributed by atoms with Crippen LogP contribution in [0.25, 0.3) is 0 Å². The molecule has 1 unspecified atom stereocenters. The Balaban J connectivity index is 1.46. The third-order valence-electron chi connectivity index (χ3n) is 4.58. The molecule has 0 aliphatic carbocycles. The lowest BCUT2D eigenvalue weighted by molar-refractivity contribution is -0.136. The predicted octanol–water partition coefficient (Wildman–Crippen LogP) is 2.10. The summed E-state index contributed by atoms with van der Waals surface area (Å²) in [5, 5.41) is 11.8. The zero-order chi connectivity index (χ0) is 16.7. The molecule has 0 spiro atoms. The van der Waals surface area contributed by atoms with Crippen LogP contribution >= 0.6 is 22.7 Å². The summed E-state index contributed by atoms with van der Waals surface area (Å²) in [6.45, 7) is 3.84. The van der Waals surface area contributed by atoms with Crippen LogP contribution in [0.5, 0.6) is 0 Å². The number of aryl methyl sites for hydroxylation is 1. The van der Waals surface area contributed by atoms with Gasteiger partial charge in [-0.25, -0.2) is 0 Å². The summed E-state index contributed by atoms with van der Waals surface area (Å²) in [6.07, 6.45) is 1.99. The van der Waals surface area contributed by atoms with Crippen molar-refractivity contribution in [3.05, 3.63) is 26.9 Å². The maximum atomic E-state index is 12.8. The number of carbonyl (C=O) groups is 2. The average Bonchev–Trinajstić information content (AvgIpc) is 3.32. The van der Waals surface area contributed by atoms with Gasteiger partial charge in [0, 0.05) is 30.9 Å². The second-order valence-corrected chi connectivity index (χ2v) is 8.16. The van der Waals surface area contributed by atoms with Gasteiger partial charge in [-0.05, 0) is 29.9 Å². The minimum absolute atomic E-state index is 0.0274. The molecule has 8 heteroatoms. The molecular weight excluding hydrogens is 344 g/mol. The van der Waals surface area contributed by atoms with Crippen LogP contribution in [0, 0.1) is 5.92 Å². The molecule has 4 rings (SSSR count). The van der Waals surface area contributed by atoms with Gasteiger partial charge in [0.25, 0.3) is 0 Å². The highest BCUT2D eigenvalue weighted by Gasteiger charge is 2.39. The van der Waals surface area contributed by atoms with Gasteiger partial charge in [0.2, 0.25) is 16.9 Å². The fraction of sp³-hybridized carbons (Fsp3) is 0.500. The number of fused-ring (bicyclic) bond motifs is 1. The van der Waals surface area contributed by atoms with Gasteiger partial charge in [0.15, 0.2) is 0 Å². The average molecular weight is 362 g/mol. The Labute approximate surface area is 148 Å². The maximum Gasteiger partial charge on any atom is 0.229 e. The molecule has 1 fully saturated rings. The minimum Gasteiger partial charge on any atom is -0.338 e. The van der Waals surface area contributed by atoms with E-state index in [1.807, 2.05) is 11.8 Å². The van der Waals surface area contributed by atoms with Crippen LogP contribution in [-0.2, 0) is 29.0 Å². The van der Waals surface area contributed by atoms with Gasteiger partial charge in [-0.1, -0.05) is 18.3 Å². The molecule has 1 saturated heterocycles. The zero-order valence-corrected chi connectivity index (χ0v) is 15.0. The second-order valence-electron chi connectivity index (χ2n) is 6.12. The van der Waals surface area contributed by atoms with Crippen molar-refractivity contribution in [2.24, 2.45) is 5.92 Å². The van der Waals surface area contributed by atoms with Crippen LogP contribution in [-0.4, -0.2) is 40.0 Å². The quantitative estimate of drug-likeness (QED) is 0.839. The summed E-state index contributed by atoms with van der Waals surface area (Å²) in [6, 6.07) is 2.10. The predicted molar refractivity (Wildman–Crippen MR) is 93.2 cm³/mol. The van der Waals surface area contributed by atoms with Crippen molar-refractivity contribution < 1.29 is 9.59 Å². The number of hydrogen-bond donors (Lipinski definition) is 0. The number of aromatic nitrogens is 2. The van der Waals surface area contributed by atoms with Crippen molar-refractivity contribution in [1.82, 2.24) is 15.1 Å². The van der Waals surface area contributed by atoms with Gasteiger partial charge in [0.05, 0.1) is 5.92 Å². The molecule has 1 atom stereocenters. The van der Waals surface area contributed by atoms with Gasteiger partial charge in [-0.15, -0.1) is 21.5 Å². The van der Waals surface area contributed by atoms with Crippen molar-refractivity contribution in [2.45, 2.75) is 32.7 Å². The molecule has 2 aliphatic heterocycles. The molecule has 0 saturated carbocycles. The molecule has 4 heterocycles. The SMILES string of the molecule is CCc1nnc(N2CC(C(=O)N3CCc4sccc4C3)CC2=O)s1. The molecule has 24 heavy (non-hydrogen) atoms. The highest BCUT2D eigenvalue weighted by Crippen LogP contribution is 2.31. The number of nitrogens with zero attached hydrogens (tertiary/aromatic N) is 4. The highest BCUT2D eigenvalue weighted by molar-refractivity contribution is 7.15. The summed E-state index contributed by atoms with van der Waals surface area (Å²) < 4.78 is 0. The van der Waals surface area contributed by atoms with E-state index in [-0.39, 0.29) is 24.2 Å². The lowest BCUT2D eigenvalue weighted by atomic mass is 10.0. The fourth-order valence-corrected chi connectivity index (χ4v) is 4.94. The van der Waals surface area contributed by atoms with Gasteiger partial charge in [-0.3, -0.25) is 14.5 Å². The Morgan fingerprint density at radius 2 is 2.29 bits per heavy atom. The molecule has 2 aromatic rings. The summed E-state index contributed by atoms with van der Waals surface area (Å²) >= 11 is 3.19. The van der Waals surface area contributed by atoms with Crippen LogP contribution in [0.15, 0.2) is 11.4 Å². The third-order valence-corrected chi connectivity index (χ3v) is 6.70. The highest BCUT2D eigenvalue weighted by atomic mass is 32.1. The van der Waals surface area contributed by atoms with Crippen LogP contribution in [0.4, 0.5) is 5.13 Å². The van der Waals surface area contributed by atoms with Gasteiger partial charge in [-0.2, -0.15) is 0 Å². The Bertz CT molecular complexity index is 785. The molecule has 2 aromatic heterocycles. The van der Waals surface area contributed by atoms with Crippen LogP contribution in [0.1, 0.15) is 28.8 Å². The first-order valence-corrected chi connectivity index (χ1v) is 9.82. The van der Waals surface area contributed by atoms with Crippen molar-refractivity contribution in [3.63, 3.8) is 0 Å². The first kappa shape index (κ1) is 15.7. The van der Waals surface area contributed by atoms with E-state index in [2.05, 4.69) is 21.6 Å². The summed E-state index contributed by atoms with van der Waals surface area (Å²) in [5.41, 5.74) is 1.25. The largest absolute Gasteiger partial charge is 0.338 e. The molecule has 126 valence electrons. The van der Waals surface area contributed by atoms with E-state index in [1.165, 1.54) is 21.8 Å². The number of carbonyl (C=O) groups excluding carboxylic acids is 2. The molecule has 6 nitrogen and oxygen atoms in total. The molecule has 0 bridgehead atoms. The number of amides is 2. The number of thiophene rings is 1. The first-order valence-electron chi connectivity index (χ1n) is 8.12. The van der Waals surface area contributed by atoms with Gasteiger partial charge >= 0.3 is 0 Å². The number of hydrogen-bond acceptors (Lipinski definition) is 6. The Morgan fingerprint density at radius 1 is 1.42 bits per heavy atom. The van der Waals surface area contributed by atoms with E-state index in [0.717, 1.165) is 24.4 Å². The van der Waals surface area contributed by atoms with Crippen molar-refractivity contribution in [3.8, 4) is 0 Å². The lowest BCUT2D eigenvalue weighted by Crippen LogP contribution is -2.40. The van der Waals surface area contributed by atoms with E-state index in [4.69, 9.17) is 0 Å². The van der Waals surface area contributed by atoms with E-state index in [9.17, 15) is 9.59 Å². The standard InChI is InChI=1S/C16H18N4O2S2/c1-2-13-17-18-16(24-13)20-9-11(7-14(20)21)15(22)19-5-3-12-10(8-19)4-6-23-12/h4,6,11H,2-3,5,7-9H2,1H3. The van der Waals surface area contributed by atoms with Gasteiger partial charge < -0.3 is 4.90 Å². The molecule has 2 aliphatic rings. The van der Waals surface area contributed by atoms with Crippen molar-refractivity contribution in [1.29, 1.82) is 0 Å². The van der Waals surface area contributed by atoms with Crippen LogP contribution in [0.3, 0.4) is 0 Å². The number of rotatable bonds is 3. The van der Waals surface area contributed by atoms with Crippen molar-refractivity contribution >= 4 is 39.6 Å². The van der Waals surface area contributed by atoms with E-state index < -0.39 is 0 Å². The van der Waals surface area contributed by atoms with E-state index in [1.54, 1.807) is 16.2 Å². The minimum atomic E-state index is -0.272. The molecule has 0 N–H and O–H groups in total. The molecule has 2 amide bonds. The Hall–Kier alpha value is -1.80. The maximum absolute atomic E-state index is 12.8. The second kappa shape index (κ2) is 6.25. The number of anilines is 1. The molecular formula is C16H18N4O2S2. The third kappa shape index (κ3) is 2.73. The Morgan fingerprint density at radius 3 is 3.08 bits per heavy atom. The van der Waals surface area contributed by atoms with Crippen molar-refractivity contribution in [2.75, 3.05) is 18.0 Å². The smallest absolute Gasteiger partial charge is 0.229 e. The van der Waals surface area contributed by atoms with E-state index >= 15 is 0 Å². The van der Waals surface area contributed by atoms with Gasteiger partial charge in [0.1, 0.15) is 5.01 Å². The first-order chi connectivity index (χ1) is 11.7. The topological polar surface area (TPSA) is 66.4 Å². The fourth-order valence-electron chi connectivity index (χ4n) is 3.25. The summed E-state index contributed by atoms with van der Waals surface area (Å²) in [7, 11) is 0. The lowest BCUT2D eigenvalue weighted by Gasteiger charge is -2.29. The summed E-state index contributed by atoms with van der Waals surface area (Å²) in [4.78, 5) is 30.1. The molecule has 0 radical (unpaired) electrons. The van der Waals surface area contributed by atoms with E-state index in [0.29, 0.717) is 18.2 Å². The molecule has 0 aromatic carbocycles. The monoisotopic (exact) mass is 362 g/mol.